The number of hydrogen-bond acceptors (Lipinski definition) is 5. The number of aromatic nitrogens is 2. The zero-order valence-corrected chi connectivity index (χ0v) is 14.6. The molecule has 0 fully saturated rings. The average Bonchev–Trinajstić information content (AvgIpc) is 3.02. The van der Waals surface area contributed by atoms with Gasteiger partial charge in [-0.1, -0.05) is 50.0 Å². The smallest absolute Gasteiger partial charge is 0.323 e. The summed E-state index contributed by atoms with van der Waals surface area (Å²) in [5.41, 5.74) is 1.41. The van der Waals surface area contributed by atoms with Crippen LogP contribution in [-0.4, -0.2) is 16.1 Å². The molecule has 3 aromatic rings. The summed E-state index contributed by atoms with van der Waals surface area (Å²) < 4.78 is 19.1. The average molecular weight is 408 g/mol. The van der Waals surface area contributed by atoms with Crippen LogP contribution in [0.1, 0.15) is 15.9 Å². The molecule has 0 atom stereocenters. The number of anilines is 1. The molecule has 5 nitrogen and oxygen atoms in total. The Morgan fingerprint density at radius 1 is 1.12 bits per heavy atom. The number of carbonyl (C=O) groups is 1. The van der Waals surface area contributed by atoms with Gasteiger partial charge in [0.1, 0.15) is 5.82 Å². The highest BCUT2D eigenvalue weighted by Crippen LogP contribution is 2.23. The minimum atomic E-state index is -0.332. The summed E-state index contributed by atoms with van der Waals surface area (Å²) >= 11 is 4.61. The van der Waals surface area contributed by atoms with Crippen LogP contribution in [0.5, 0.6) is 0 Å². The Balaban J connectivity index is 1.58. The standard InChI is InChI=1S/C16H11BrFN3O2S/c17-12-5-3-11(4-6-12)14(22)19-15-20-21-16(23-15)24-9-10-1-7-13(18)8-2-10/h1-8H,9H2,(H,19,20,22). The molecule has 1 N–H and O–H groups in total. The monoisotopic (exact) mass is 407 g/mol. The molecular formula is C16H11BrFN3O2S. The van der Waals surface area contributed by atoms with E-state index < -0.39 is 0 Å². The topological polar surface area (TPSA) is 68.0 Å². The van der Waals surface area contributed by atoms with E-state index in [1.54, 1.807) is 36.4 Å². The zero-order chi connectivity index (χ0) is 16.9. The number of amides is 1. The zero-order valence-electron chi connectivity index (χ0n) is 12.2. The van der Waals surface area contributed by atoms with Crippen molar-refractivity contribution in [3.8, 4) is 0 Å². The first-order chi connectivity index (χ1) is 11.6. The maximum absolute atomic E-state index is 12.8. The second kappa shape index (κ2) is 7.59. The van der Waals surface area contributed by atoms with Gasteiger partial charge in [-0.25, -0.2) is 4.39 Å². The van der Waals surface area contributed by atoms with Crippen LogP contribution in [0.15, 0.2) is 62.6 Å². The summed E-state index contributed by atoms with van der Waals surface area (Å²) in [7, 11) is 0. The van der Waals surface area contributed by atoms with Crippen LogP contribution in [-0.2, 0) is 5.75 Å². The molecule has 1 amide bonds. The van der Waals surface area contributed by atoms with Crippen LogP contribution in [0.4, 0.5) is 10.4 Å². The van der Waals surface area contributed by atoms with Crippen LogP contribution >= 0.6 is 27.7 Å². The van der Waals surface area contributed by atoms with Gasteiger partial charge in [-0.15, -0.1) is 0 Å². The van der Waals surface area contributed by atoms with Crippen molar-refractivity contribution in [1.82, 2.24) is 10.2 Å². The van der Waals surface area contributed by atoms with Crippen LogP contribution in [0.2, 0.25) is 0 Å². The van der Waals surface area contributed by atoms with E-state index in [0.29, 0.717) is 16.5 Å². The minimum Gasteiger partial charge on any atom is -0.398 e. The van der Waals surface area contributed by atoms with Crippen LogP contribution < -0.4 is 5.32 Å². The van der Waals surface area contributed by atoms with Crippen LogP contribution in [0.3, 0.4) is 0 Å². The molecule has 1 heterocycles. The van der Waals surface area contributed by atoms with E-state index in [4.69, 9.17) is 4.42 Å². The first kappa shape index (κ1) is 16.7. The summed E-state index contributed by atoms with van der Waals surface area (Å²) in [6.07, 6.45) is 0. The molecule has 24 heavy (non-hydrogen) atoms. The lowest BCUT2D eigenvalue weighted by atomic mass is 10.2. The summed E-state index contributed by atoms with van der Waals surface area (Å²) in [4.78, 5) is 12.0. The number of nitrogens with one attached hydrogen (secondary N) is 1. The Morgan fingerprint density at radius 2 is 1.83 bits per heavy atom. The number of nitrogens with zero attached hydrogens (tertiary/aromatic N) is 2. The maximum Gasteiger partial charge on any atom is 0.323 e. The Hall–Kier alpha value is -2.19. The molecule has 0 bridgehead atoms. The molecule has 0 aliphatic rings. The summed E-state index contributed by atoms with van der Waals surface area (Å²) in [6.45, 7) is 0. The molecule has 0 saturated heterocycles. The molecule has 122 valence electrons. The van der Waals surface area contributed by atoms with Crippen molar-refractivity contribution in [2.75, 3.05) is 5.32 Å². The highest BCUT2D eigenvalue weighted by Gasteiger charge is 2.12. The predicted molar refractivity (Wildman–Crippen MR) is 92.4 cm³/mol. The van der Waals surface area contributed by atoms with E-state index in [0.717, 1.165) is 10.0 Å². The van der Waals surface area contributed by atoms with Gasteiger partial charge in [0, 0.05) is 15.8 Å². The Kier molecular flexibility index (Phi) is 5.27. The fourth-order valence-corrected chi connectivity index (χ4v) is 2.80. The Morgan fingerprint density at radius 3 is 2.54 bits per heavy atom. The lowest BCUT2D eigenvalue weighted by Crippen LogP contribution is -2.11. The van der Waals surface area contributed by atoms with Crippen molar-refractivity contribution in [3.05, 3.63) is 69.9 Å². The number of rotatable bonds is 5. The van der Waals surface area contributed by atoms with E-state index >= 15 is 0 Å². The number of benzene rings is 2. The third-order valence-electron chi connectivity index (χ3n) is 3.01. The molecule has 8 heteroatoms. The summed E-state index contributed by atoms with van der Waals surface area (Å²) in [6, 6.07) is 13.1. The van der Waals surface area contributed by atoms with Crippen molar-refractivity contribution in [1.29, 1.82) is 0 Å². The fraction of sp³-hybridized carbons (Fsp3) is 0.0625. The van der Waals surface area contributed by atoms with Gasteiger partial charge >= 0.3 is 6.01 Å². The Labute approximate surface area is 149 Å². The van der Waals surface area contributed by atoms with Crippen molar-refractivity contribution in [2.45, 2.75) is 11.0 Å². The van der Waals surface area contributed by atoms with Gasteiger partial charge in [0.15, 0.2) is 0 Å². The molecule has 3 rings (SSSR count). The third kappa shape index (κ3) is 4.42. The lowest BCUT2D eigenvalue weighted by Gasteiger charge is -2.00. The maximum atomic E-state index is 12.8. The van der Waals surface area contributed by atoms with Gasteiger partial charge < -0.3 is 4.42 Å². The number of hydrogen-bond donors (Lipinski definition) is 1. The van der Waals surface area contributed by atoms with E-state index in [1.165, 1.54) is 23.9 Å². The molecule has 0 spiro atoms. The van der Waals surface area contributed by atoms with E-state index in [2.05, 4.69) is 31.4 Å². The van der Waals surface area contributed by atoms with Crippen molar-refractivity contribution in [3.63, 3.8) is 0 Å². The van der Waals surface area contributed by atoms with E-state index in [1.807, 2.05) is 0 Å². The lowest BCUT2D eigenvalue weighted by molar-refractivity contribution is 0.102. The molecule has 2 aromatic carbocycles. The number of carbonyl (C=O) groups excluding carboxylic acids is 1. The fourth-order valence-electron chi connectivity index (χ4n) is 1.81. The second-order valence-electron chi connectivity index (χ2n) is 4.75. The highest BCUT2D eigenvalue weighted by molar-refractivity contribution is 9.10. The van der Waals surface area contributed by atoms with Crippen LogP contribution in [0.25, 0.3) is 0 Å². The Bertz CT molecular complexity index is 837. The second-order valence-corrected chi connectivity index (χ2v) is 6.59. The first-order valence-electron chi connectivity index (χ1n) is 6.88. The van der Waals surface area contributed by atoms with Crippen molar-refractivity contribution < 1.29 is 13.6 Å². The quantitative estimate of drug-likeness (QED) is 0.629. The number of halogens is 2. The largest absolute Gasteiger partial charge is 0.398 e. The van der Waals surface area contributed by atoms with Gasteiger partial charge in [0.05, 0.1) is 0 Å². The minimum absolute atomic E-state index is 0.0320. The summed E-state index contributed by atoms with van der Waals surface area (Å²) in [5, 5.41) is 10.5. The SMILES string of the molecule is O=C(Nc1nnc(SCc2ccc(F)cc2)o1)c1ccc(Br)cc1. The predicted octanol–water partition coefficient (Wildman–Crippen LogP) is 4.52. The van der Waals surface area contributed by atoms with E-state index in [-0.39, 0.29) is 17.7 Å². The number of thioether (sulfide) groups is 1. The molecule has 1 aromatic heterocycles. The van der Waals surface area contributed by atoms with Crippen molar-refractivity contribution >= 4 is 39.6 Å². The highest BCUT2D eigenvalue weighted by atomic mass is 79.9. The van der Waals surface area contributed by atoms with Crippen molar-refractivity contribution in [2.24, 2.45) is 0 Å². The molecule has 0 saturated carbocycles. The molecule has 0 aliphatic carbocycles. The summed E-state index contributed by atoms with van der Waals surface area (Å²) in [5.74, 6) is -0.0523. The molecule has 0 aliphatic heterocycles. The van der Waals surface area contributed by atoms with Crippen LogP contribution in [0, 0.1) is 5.82 Å². The van der Waals surface area contributed by atoms with Gasteiger partial charge in [-0.3, -0.25) is 10.1 Å². The van der Waals surface area contributed by atoms with Gasteiger partial charge in [0.2, 0.25) is 0 Å². The molecule has 0 radical (unpaired) electrons. The molecule has 0 unspecified atom stereocenters. The third-order valence-corrected chi connectivity index (χ3v) is 4.43. The van der Waals surface area contributed by atoms with Gasteiger partial charge in [-0.2, -0.15) is 0 Å². The van der Waals surface area contributed by atoms with E-state index in [9.17, 15) is 9.18 Å². The molecular weight excluding hydrogens is 397 g/mol. The van der Waals surface area contributed by atoms with Gasteiger partial charge in [-0.05, 0) is 42.0 Å². The first-order valence-corrected chi connectivity index (χ1v) is 8.66. The van der Waals surface area contributed by atoms with Gasteiger partial charge in [0.25, 0.3) is 11.1 Å². The normalized spacial score (nSPS) is 10.6.